The molecule has 1 unspecified atom stereocenters. The molecule has 0 fully saturated rings. The second-order valence-electron chi connectivity index (χ2n) is 4.45. The van der Waals surface area contributed by atoms with Crippen molar-refractivity contribution in [3.63, 3.8) is 0 Å². The molecule has 2 amide bonds. The fourth-order valence-electron chi connectivity index (χ4n) is 1.51. The predicted octanol–water partition coefficient (Wildman–Crippen LogP) is 0.787. The van der Waals surface area contributed by atoms with Crippen molar-refractivity contribution in [3.05, 3.63) is 29.3 Å². The molecule has 0 saturated carbocycles. The van der Waals surface area contributed by atoms with E-state index in [-0.39, 0.29) is 11.5 Å². The number of hydrogen-bond donors (Lipinski definition) is 3. The number of primary amides is 1. The zero-order valence-corrected chi connectivity index (χ0v) is 10.5. The normalized spacial score (nSPS) is 12.3. The van der Waals surface area contributed by atoms with Crippen LogP contribution in [0, 0.1) is 17.6 Å². The van der Waals surface area contributed by atoms with Crippen LogP contribution in [0.3, 0.4) is 0 Å². The molecule has 19 heavy (non-hydrogen) atoms. The molecule has 104 valence electrons. The Hall–Kier alpha value is -2.18. The molecular formula is C12H15F2N3O2. The molecule has 0 heterocycles. The van der Waals surface area contributed by atoms with Gasteiger partial charge in [0.15, 0.2) is 0 Å². The Morgan fingerprint density at radius 3 is 2.05 bits per heavy atom. The number of anilines is 1. The highest BCUT2D eigenvalue weighted by Gasteiger charge is 2.23. The molecule has 1 aromatic rings. The van der Waals surface area contributed by atoms with Crippen molar-refractivity contribution >= 4 is 17.5 Å². The number of benzene rings is 1. The van der Waals surface area contributed by atoms with E-state index in [9.17, 15) is 18.4 Å². The van der Waals surface area contributed by atoms with E-state index in [4.69, 9.17) is 11.5 Å². The van der Waals surface area contributed by atoms with Crippen molar-refractivity contribution in [2.75, 3.05) is 5.73 Å². The van der Waals surface area contributed by atoms with Gasteiger partial charge < -0.3 is 16.8 Å². The van der Waals surface area contributed by atoms with Crippen LogP contribution in [-0.2, 0) is 4.79 Å². The summed E-state index contributed by atoms with van der Waals surface area (Å²) in [5.74, 6) is -3.84. The lowest BCUT2D eigenvalue weighted by atomic mass is 10.0. The van der Waals surface area contributed by atoms with Gasteiger partial charge in [0.25, 0.3) is 5.91 Å². The van der Waals surface area contributed by atoms with Crippen molar-refractivity contribution in [3.8, 4) is 0 Å². The lowest BCUT2D eigenvalue weighted by Crippen LogP contribution is -2.47. The van der Waals surface area contributed by atoms with Gasteiger partial charge in [-0.05, 0) is 18.1 Å². The van der Waals surface area contributed by atoms with Crippen molar-refractivity contribution in [1.82, 2.24) is 5.32 Å². The number of carbonyl (C=O) groups is 2. The van der Waals surface area contributed by atoms with Crippen molar-refractivity contribution in [2.45, 2.75) is 19.9 Å². The average Bonchev–Trinajstić information content (AvgIpc) is 2.31. The van der Waals surface area contributed by atoms with Gasteiger partial charge in [-0.1, -0.05) is 13.8 Å². The number of halogens is 2. The summed E-state index contributed by atoms with van der Waals surface area (Å²) in [6.45, 7) is 3.36. The molecule has 1 atom stereocenters. The Morgan fingerprint density at radius 1 is 1.21 bits per heavy atom. The van der Waals surface area contributed by atoms with Crippen molar-refractivity contribution < 1.29 is 18.4 Å². The maximum absolute atomic E-state index is 13.2. The average molecular weight is 271 g/mol. The molecule has 0 radical (unpaired) electrons. The zero-order valence-electron chi connectivity index (χ0n) is 10.5. The van der Waals surface area contributed by atoms with Gasteiger partial charge in [-0.15, -0.1) is 0 Å². The second-order valence-corrected chi connectivity index (χ2v) is 4.45. The summed E-state index contributed by atoms with van der Waals surface area (Å²) in [5, 5.41) is 2.32. The van der Waals surface area contributed by atoms with Crippen molar-refractivity contribution in [1.29, 1.82) is 0 Å². The summed E-state index contributed by atoms with van der Waals surface area (Å²) < 4.78 is 26.4. The molecule has 5 N–H and O–H groups in total. The minimum atomic E-state index is -1.04. The number of nitrogens with one attached hydrogen (secondary N) is 1. The second kappa shape index (κ2) is 5.64. The Labute approximate surface area is 109 Å². The highest BCUT2D eigenvalue weighted by Crippen LogP contribution is 2.17. The largest absolute Gasteiger partial charge is 0.394 e. The summed E-state index contributed by atoms with van der Waals surface area (Å²) >= 11 is 0. The molecule has 7 heteroatoms. The molecule has 0 bridgehead atoms. The minimum absolute atomic E-state index is 0.245. The first-order chi connectivity index (χ1) is 8.73. The Kier molecular flexibility index (Phi) is 4.42. The molecule has 0 aromatic heterocycles. The van der Waals surface area contributed by atoms with Crippen molar-refractivity contribution in [2.24, 2.45) is 11.7 Å². The lowest BCUT2D eigenvalue weighted by molar-refractivity contribution is -0.120. The number of nitrogen functional groups attached to an aromatic ring is 1. The van der Waals surface area contributed by atoms with E-state index in [1.165, 1.54) is 0 Å². The topological polar surface area (TPSA) is 98.2 Å². The molecule has 1 rings (SSSR count). The first kappa shape index (κ1) is 14.9. The highest BCUT2D eigenvalue weighted by atomic mass is 19.1. The Balaban J connectivity index is 2.98. The van der Waals surface area contributed by atoms with Crippen LogP contribution in [-0.4, -0.2) is 17.9 Å². The molecule has 5 nitrogen and oxygen atoms in total. The van der Waals surface area contributed by atoms with Crippen LogP contribution in [0.2, 0.25) is 0 Å². The van der Waals surface area contributed by atoms with E-state index < -0.39 is 35.2 Å². The van der Waals surface area contributed by atoms with E-state index in [1.54, 1.807) is 13.8 Å². The number of hydrogen-bond acceptors (Lipinski definition) is 3. The van der Waals surface area contributed by atoms with E-state index in [2.05, 4.69) is 5.32 Å². The van der Waals surface area contributed by atoms with Crippen LogP contribution in [0.15, 0.2) is 12.1 Å². The molecule has 0 spiro atoms. The zero-order chi connectivity index (χ0) is 14.7. The summed E-state index contributed by atoms with van der Waals surface area (Å²) in [7, 11) is 0. The monoisotopic (exact) mass is 271 g/mol. The van der Waals surface area contributed by atoms with E-state index >= 15 is 0 Å². The number of rotatable bonds is 4. The predicted molar refractivity (Wildman–Crippen MR) is 66.1 cm³/mol. The summed E-state index contributed by atoms with van der Waals surface area (Å²) in [4.78, 5) is 22.9. The van der Waals surface area contributed by atoms with Crippen LogP contribution < -0.4 is 16.8 Å². The van der Waals surface area contributed by atoms with Gasteiger partial charge in [-0.25, -0.2) is 8.78 Å². The molecule has 0 aliphatic rings. The maximum Gasteiger partial charge on any atom is 0.252 e. The van der Waals surface area contributed by atoms with Crippen LogP contribution in [0.1, 0.15) is 24.2 Å². The standard InChI is InChI=1S/C12H15F2N3O2/c1-5(2)10(11(16)18)17-12(19)6-3-7(13)9(15)8(14)4-6/h3-5,10H,15H2,1-2H3,(H2,16,18)(H,17,19). The fourth-order valence-corrected chi connectivity index (χ4v) is 1.51. The van der Waals surface area contributed by atoms with Gasteiger partial charge >= 0.3 is 0 Å². The highest BCUT2D eigenvalue weighted by molar-refractivity contribution is 5.97. The Bertz CT molecular complexity index is 495. The van der Waals surface area contributed by atoms with Gasteiger partial charge in [0, 0.05) is 5.56 Å². The first-order valence-electron chi connectivity index (χ1n) is 5.58. The van der Waals surface area contributed by atoms with Crippen LogP contribution in [0.25, 0.3) is 0 Å². The van der Waals surface area contributed by atoms with Gasteiger partial charge in [0.2, 0.25) is 5.91 Å². The quantitative estimate of drug-likeness (QED) is 0.706. The van der Waals surface area contributed by atoms with Gasteiger partial charge in [-0.2, -0.15) is 0 Å². The van der Waals surface area contributed by atoms with Gasteiger partial charge in [0.1, 0.15) is 23.4 Å². The molecule has 0 saturated heterocycles. The van der Waals surface area contributed by atoms with E-state index in [0.717, 1.165) is 12.1 Å². The third-order valence-electron chi connectivity index (χ3n) is 2.60. The molecule has 0 aliphatic carbocycles. The number of amides is 2. The maximum atomic E-state index is 13.2. The van der Waals surface area contributed by atoms with Gasteiger partial charge in [0.05, 0.1) is 0 Å². The van der Waals surface area contributed by atoms with E-state index in [1.807, 2.05) is 0 Å². The van der Waals surface area contributed by atoms with E-state index in [0.29, 0.717) is 0 Å². The molecule has 1 aromatic carbocycles. The van der Waals surface area contributed by atoms with Crippen LogP contribution >= 0.6 is 0 Å². The third kappa shape index (κ3) is 3.40. The number of nitrogens with two attached hydrogens (primary N) is 2. The smallest absolute Gasteiger partial charge is 0.252 e. The third-order valence-corrected chi connectivity index (χ3v) is 2.60. The summed E-state index contributed by atoms with van der Waals surface area (Å²) in [6, 6.07) is 0.675. The first-order valence-corrected chi connectivity index (χ1v) is 5.58. The van der Waals surface area contributed by atoms with Gasteiger partial charge in [-0.3, -0.25) is 9.59 Å². The minimum Gasteiger partial charge on any atom is -0.394 e. The molecule has 0 aliphatic heterocycles. The summed E-state index contributed by atoms with van der Waals surface area (Å²) in [6.07, 6.45) is 0. The SMILES string of the molecule is CC(C)C(NC(=O)c1cc(F)c(N)c(F)c1)C(N)=O. The fraction of sp³-hybridized carbons (Fsp3) is 0.333. The van der Waals surface area contributed by atoms with Crippen LogP contribution in [0.5, 0.6) is 0 Å². The molecular weight excluding hydrogens is 256 g/mol. The van der Waals surface area contributed by atoms with Crippen LogP contribution in [0.4, 0.5) is 14.5 Å². The Morgan fingerprint density at radius 2 is 1.68 bits per heavy atom. The lowest BCUT2D eigenvalue weighted by Gasteiger charge is -2.19. The summed E-state index contributed by atoms with van der Waals surface area (Å²) in [5.41, 5.74) is 9.29. The number of carbonyl (C=O) groups excluding carboxylic acids is 2.